The Morgan fingerprint density at radius 2 is 2.15 bits per heavy atom. The summed E-state index contributed by atoms with van der Waals surface area (Å²) < 4.78 is 0. The number of amides is 1. The molecule has 1 aromatic rings. The SMILES string of the molecule is CC(C)N(CCBr)C(=O)C1C2CCc3ccccc3C21. The van der Waals surface area contributed by atoms with Crippen LogP contribution in [-0.2, 0) is 11.2 Å². The van der Waals surface area contributed by atoms with Crippen LogP contribution in [0.15, 0.2) is 24.3 Å². The molecule has 3 rings (SSSR count). The molecule has 0 aromatic heterocycles. The molecule has 0 bridgehead atoms. The summed E-state index contributed by atoms with van der Waals surface area (Å²) in [6.45, 7) is 5.04. The van der Waals surface area contributed by atoms with Gasteiger partial charge in [-0.25, -0.2) is 0 Å². The van der Waals surface area contributed by atoms with Crippen molar-refractivity contribution in [1.29, 1.82) is 0 Å². The van der Waals surface area contributed by atoms with Crippen LogP contribution in [0, 0.1) is 11.8 Å². The Kier molecular flexibility index (Phi) is 3.89. The molecule has 0 heterocycles. The summed E-state index contributed by atoms with van der Waals surface area (Å²) in [7, 11) is 0. The van der Waals surface area contributed by atoms with Crippen molar-refractivity contribution in [3.05, 3.63) is 35.4 Å². The highest BCUT2D eigenvalue weighted by atomic mass is 79.9. The highest BCUT2D eigenvalue weighted by Gasteiger charge is 2.57. The maximum Gasteiger partial charge on any atom is 0.226 e. The zero-order valence-electron chi connectivity index (χ0n) is 12.2. The van der Waals surface area contributed by atoms with Crippen LogP contribution in [0.2, 0.25) is 0 Å². The second-order valence-electron chi connectivity index (χ2n) is 6.27. The fraction of sp³-hybridized carbons (Fsp3) is 0.588. The molecule has 2 aliphatic rings. The lowest BCUT2D eigenvalue weighted by Crippen LogP contribution is -2.39. The number of nitrogens with zero attached hydrogens (tertiary/aromatic N) is 1. The lowest BCUT2D eigenvalue weighted by molar-refractivity contribution is -0.134. The summed E-state index contributed by atoms with van der Waals surface area (Å²) in [5.74, 6) is 1.68. The number of aryl methyl sites for hydroxylation is 1. The average Bonchev–Trinajstić information content (AvgIpc) is 3.18. The second kappa shape index (κ2) is 5.51. The molecular formula is C17H22BrNO. The van der Waals surface area contributed by atoms with Gasteiger partial charge in [-0.05, 0) is 49.7 Å². The molecule has 3 unspecified atom stereocenters. The number of carbonyl (C=O) groups is 1. The van der Waals surface area contributed by atoms with Crippen molar-refractivity contribution in [2.24, 2.45) is 11.8 Å². The van der Waals surface area contributed by atoms with E-state index in [1.54, 1.807) is 0 Å². The third kappa shape index (κ3) is 2.30. The first kappa shape index (κ1) is 14.1. The van der Waals surface area contributed by atoms with Crippen LogP contribution in [0.4, 0.5) is 0 Å². The number of alkyl halides is 1. The number of hydrogen-bond donors (Lipinski definition) is 0. The van der Waals surface area contributed by atoms with Crippen molar-refractivity contribution in [3.63, 3.8) is 0 Å². The van der Waals surface area contributed by atoms with Crippen molar-refractivity contribution in [3.8, 4) is 0 Å². The fourth-order valence-electron chi connectivity index (χ4n) is 3.81. The molecule has 108 valence electrons. The van der Waals surface area contributed by atoms with E-state index in [1.807, 2.05) is 4.90 Å². The van der Waals surface area contributed by atoms with E-state index in [-0.39, 0.29) is 12.0 Å². The first-order valence-corrected chi connectivity index (χ1v) is 8.71. The van der Waals surface area contributed by atoms with Crippen molar-refractivity contribution in [2.75, 3.05) is 11.9 Å². The average molecular weight is 336 g/mol. The fourth-order valence-corrected chi connectivity index (χ4v) is 4.19. The van der Waals surface area contributed by atoms with Crippen molar-refractivity contribution in [2.45, 2.75) is 38.6 Å². The molecule has 0 aliphatic heterocycles. The van der Waals surface area contributed by atoms with Crippen LogP contribution in [0.5, 0.6) is 0 Å². The zero-order chi connectivity index (χ0) is 14.3. The summed E-state index contributed by atoms with van der Waals surface area (Å²) in [6.07, 6.45) is 2.32. The topological polar surface area (TPSA) is 20.3 Å². The Morgan fingerprint density at radius 3 is 2.85 bits per heavy atom. The minimum Gasteiger partial charge on any atom is -0.339 e. The Hall–Kier alpha value is -0.830. The van der Waals surface area contributed by atoms with E-state index >= 15 is 0 Å². The normalized spacial score (nSPS) is 26.9. The quantitative estimate of drug-likeness (QED) is 0.770. The molecular weight excluding hydrogens is 314 g/mol. The molecule has 20 heavy (non-hydrogen) atoms. The third-order valence-corrected chi connectivity index (χ3v) is 5.20. The summed E-state index contributed by atoms with van der Waals surface area (Å²) in [5.41, 5.74) is 2.89. The minimum atomic E-state index is 0.236. The summed E-state index contributed by atoms with van der Waals surface area (Å²) in [5, 5.41) is 0.857. The van der Waals surface area contributed by atoms with E-state index in [9.17, 15) is 4.79 Å². The standard InChI is InChI=1S/C17H22BrNO/c1-11(2)19(10-9-18)17(20)16-14-8-7-12-5-3-4-6-13(12)15(14)16/h3-6,11,14-16H,7-10H2,1-2H3. The number of carbonyl (C=O) groups excluding carboxylic acids is 1. The summed E-state index contributed by atoms with van der Waals surface area (Å²) >= 11 is 3.46. The van der Waals surface area contributed by atoms with Gasteiger partial charge in [-0.3, -0.25) is 4.79 Å². The van der Waals surface area contributed by atoms with E-state index in [0.29, 0.717) is 17.7 Å². The minimum absolute atomic E-state index is 0.236. The van der Waals surface area contributed by atoms with Crippen LogP contribution >= 0.6 is 15.9 Å². The van der Waals surface area contributed by atoms with Crippen molar-refractivity contribution >= 4 is 21.8 Å². The zero-order valence-corrected chi connectivity index (χ0v) is 13.8. The van der Waals surface area contributed by atoms with Gasteiger partial charge in [0.15, 0.2) is 0 Å². The predicted octanol–water partition coefficient (Wildman–Crippen LogP) is 3.59. The maximum absolute atomic E-state index is 12.8. The van der Waals surface area contributed by atoms with Crippen LogP contribution in [0.25, 0.3) is 0 Å². The Labute approximate surface area is 129 Å². The molecule has 1 fully saturated rings. The van der Waals surface area contributed by atoms with E-state index in [2.05, 4.69) is 54.0 Å². The summed E-state index contributed by atoms with van der Waals surface area (Å²) in [6, 6.07) is 8.97. The smallest absolute Gasteiger partial charge is 0.226 e. The van der Waals surface area contributed by atoms with E-state index in [0.717, 1.165) is 18.3 Å². The van der Waals surface area contributed by atoms with Gasteiger partial charge in [0, 0.05) is 23.8 Å². The van der Waals surface area contributed by atoms with Crippen LogP contribution < -0.4 is 0 Å². The highest BCUT2D eigenvalue weighted by Crippen LogP contribution is 2.60. The molecule has 2 aliphatic carbocycles. The maximum atomic E-state index is 12.8. The van der Waals surface area contributed by atoms with Crippen LogP contribution in [-0.4, -0.2) is 28.7 Å². The molecule has 2 nitrogen and oxygen atoms in total. The molecule has 1 saturated carbocycles. The highest BCUT2D eigenvalue weighted by molar-refractivity contribution is 9.09. The summed E-state index contributed by atoms with van der Waals surface area (Å²) in [4.78, 5) is 14.9. The second-order valence-corrected chi connectivity index (χ2v) is 7.06. The molecule has 3 atom stereocenters. The van der Waals surface area contributed by atoms with Gasteiger partial charge in [0.05, 0.1) is 0 Å². The Bertz CT molecular complexity index is 513. The van der Waals surface area contributed by atoms with Crippen LogP contribution in [0.3, 0.4) is 0 Å². The lowest BCUT2D eigenvalue weighted by atomic mass is 9.92. The molecule has 0 saturated heterocycles. The third-order valence-electron chi connectivity index (χ3n) is 4.85. The van der Waals surface area contributed by atoms with E-state index in [4.69, 9.17) is 0 Å². The molecule has 1 aromatic carbocycles. The van der Waals surface area contributed by atoms with Gasteiger partial charge in [-0.15, -0.1) is 0 Å². The largest absolute Gasteiger partial charge is 0.339 e. The van der Waals surface area contributed by atoms with Gasteiger partial charge >= 0.3 is 0 Å². The van der Waals surface area contributed by atoms with Gasteiger partial charge in [0.2, 0.25) is 5.91 Å². The molecule has 0 radical (unpaired) electrons. The monoisotopic (exact) mass is 335 g/mol. The number of halogens is 1. The van der Waals surface area contributed by atoms with E-state index in [1.165, 1.54) is 17.5 Å². The number of fused-ring (bicyclic) bond motifs is 3. The van der Waals surface area contributed by atoms with Gasteiger partial charge in [0.25, 0.3) is 0 Å². The number of hydrogen-bond acceptors (Lipinski definition) is 1. The van der Waals surface area contributed by atoms with E-state index < -0.39 is 0 Å². The number of benzene rings is 1. The van der Waals surface area contributed by atoms with Gasteiger partial charge < -0.3 is 4.90 Å². The predicted molar refractivity (Wildman–Crippen MR) is 85.1 cm³/mol. The Balaban J connectivity index is 1.80. The first-order valence-electron chi connectivity index (χ1n) is 7.59. The van der Waals surface area contributed by atoms with Crippen LogP contribution in [0.1, 0.15) is 37.3 Å². The van der Waals surface area contributed by atoms with Gasteiger partial charge in [-0.2, -0.15) is 0 Å². The van der Waals surface area contributed by atoms with Crippen molar-refractivity contribution < 1.29 is 4.79 Å². The first-order chi connectivity index (χ1) is 9.65. The molecule has 0 spiro atoms. The van der Waals surface area contributed by atoms with Crippen molar-refractivity contribution in [1.82, 2.24) is 4.90 Å². The Morgan fingerprint density at radius 1 is 1.40 bits per heavy atom. The molecule has 0 N–H and O–H groups in total. The molecule has 1 amide bonds. The van der Waals surface area contributed by atoms with Gasteiger partial charge in [-0.1, -0.05) is 40.2 Å². The number of rotatable bonds is 4. The lowest BCUT2D eigenvalue weighted by Gasteiger charge is -2.26. The molecule has 3 heteroatoms. The van der Waals surface area contributed by atoms with Gasteiger partial charge in [0.1, 0.15) is 0 Å².